The fraction of sp³-hybridized carbons (Fsp3) is 0.684. The van der Waals surface area contributed by atoms with Gasteiger partial charge in [0.1, 0.15) is 0 Å². The van der Waals surface area contributed by atoms with E-state index >= 15 is 0 Å². The molecule has 1 aromatic rings. The Morgan fingerprint density at radius 1 is 0.842 bits per heavy atom. The van der Waals surface area contributed by atoms with Gasteiger partial charge in [0, 0.05) is 0 Å². The summed E-state index contributed by atoms with van der Waals surface area (Å²) < 4.78 is 0. The van der Waals surface area contributed by atoms with Gasteiger partial charge in [0.05, 0.1) is 0 Å². The van der Waals surface area contributed by atoms with Crippen LogP contribution in [-0.2, 0) is 6.42 Å². The smallest absolute Gasteiger partial charge is 0.0146 e. The van der Waals surface area contributed by atoms with E-state index in [-0.39, 0.29) is 0 Å². The predicted octanol–water partition coefficient (Wildman–Crippen LogP) is 6.18. The van der Waals surface area contributed by atoms with Crippen LogP contribution in [0.5, 0.6) is 0 Å². The Kier molecular flexibility index (Phi) is 8.62. The third-order valence-electron chi connectivity index (χ3n) is 4.17. The van der Waals surface area contributed by atoms with E-state index in [1.165, 1.54) is 80.9 Å². The zero-order valence-electron chi connectivity index (χ0n) is 13.2. The molecule has 1 rings (SSSR count). The van der Waals surface area contributed by atoms with Crippen LogP contribution in [0.1, 0.15) is 81.4 Å². The largest absolute Gasteiger partial charge is 0.0654 e. The minimum atomic E-state index is 1.21. The first-order chi connectivity index (χ1) is 9.25. The second kappa shape index (κ2) is 10.1. The van der Waals surface area contributed by atoms with Crippen molar-refractivity contribution >= 4 is 0 Å². The minimum Gasteiger partial charge on any atom is -0.0654 e. The summed E-state index contributed by atoms with van der Waals surface area (Å²) in [4.78, 5) is 0. The van der Waals surface area contributed by atoms with Gasteiger partial charge in [-0.25, -0.2) is 0 Å². The van der Waals surface area contributed by atoms with E-state index in [0.29, 0.717) is 0 Å². The quantitative estimate of drug-likeness (QED) is 0.440. The minimum absolute atomic E-state index is 1.21. The standard InChI is InChI=1S/C19H31/c1-4-5-6-7-8-9-10-11-12-15-19-16-13-14-17(2)18(19)3/h13-14H,4-12,15H2,1-3H3. The molecule has 0 nitrogen and oxygen atoms in total. The van der Waals surface area contributed by atoms with Gasteiger partial charge in [0.15, 0.2) is 0 Å². The van der Waals surface area contributed by atoms with E-state index in [9.17, 15) is 0 Å². The van der Waals surface area contributed by atoms with Gasteiger partial charge in [-0.15, -0.1) is 0 Å². The molecule has 0 saturated carbocycles. The Bertz CT molecular complexity index is 338. The van der Waals surface area contributed by atoms with Crippen molar-refractivity contribution in [3.8, 4) is 0 Å². The highest BCUT2D eigenvalue weighted by atomic mass is 14.1. The fourth-order valence-corrected chi connectivity index (χ4v) is 2.61. The monoisotopic (exact) mass is 259 g/mol. The zero-order valence-corrected chi connectivity index (χ0v) is 13.2. The van der Waals surface area contributed by atoms with Crippen LogP contribution in [0.2, 0.25) is 0 Å². The molecule has 0 N–H and O–H groups in total. The topological polar surface area (TPSA) is 0 Å². The number of unbranched alkanes of at least 4 members (excludes halogenated alkanes) is 8. The lowest BCUT2D eigenvalue weighted by Crippen LogP contribution is -1.93. The zero-order chi connectivity index (χ0) is 13.9. The second-order valence-electron chi connectivity index (χ2n) is 5.84. The maximum atomic E-state index is 3.40. The highest BCUT2D eigenvalue weighted by Crippen LogP contribution is 2.16. The SMILES string of the molecule is CCCCCCCCCCCc1[c]ccc(C)c1C. The maximum absolute atomic E-state index is 3.40. The molecular weight excluding hydrogens is 228 g/mol. The fourth-order valence-electron chi connectivity index (χ4n) is 2.61. The average molecular weight is 259 g/mol. The Balaban J connectivity index is 2.03. The van der Waals surface area contributed by atoms with Gasteiger partial charge >= 0.3 is 0 Å². The van der Waals surface area contributed by atoms with Crippen molar-refractivity contribution in [2.45, 2.75) is 85.0 Å². The van der Waals surface area contributed by atoms with Gasteiger partial charge in [0.2, 0.25) is 0 Å². The Morgan fingerprint density at radius 2 is 1.42 bits per heavy atom. The number of hydrogen-bond acceptors (Lipinski definition) is 0. The molecule has 0 fully saturated rings. The lowest BCUT2D eigenvalue weighted by atomic mass is 9.98. The summed E-state index contributed by atoms with van der Waals surface area (Å²) >= 11 is 0. The molecule has 1 aromatic carbocycles. The van der Waals surface area contributed by atoms with E-state index in [1.54, 1.807) is 0 Å². The van der Waals surface area contributed by atoms with Crippen molar-refractivity contribution in [3.05, 3.63) is 34.9 Å². The van der Waals surface area contributed by atoms with Crippen LogP contribution < -0.4 is 0 Å². The number of rotatable bonds is 10. The molecule has 0 aliphatic heterocycles. The van der Waals surface area contributed by atoms with Gasteiger partial charge in [-0.1, -0.05) is 70.4 Å². The summed E-state index contributed by atoms with van der Waals surface area (Å²) in [6, 6.07) is 7.64. The first-order valence-corrected chi connectivity index (χ1v) is 8.22. The second-order valence-corrected chi connectivity index (χ2v) is 5.84. The molecular formula is C19H31. The molecule has 0 spiro atoms. The third kappa shape index (κ3) is 6.80. The number of benzene rings is 1. The van der Waals surface area contributed by atoms with E-state index in [4.69, 9.17) is 0 Å². The van der Waals surface area contributed by atoms with Crippen molar-refractivity contribution in [3.63, 3.8) is 0 Å². The molecule has 0 heterocycles. The molecule has 19 heavy (non-hydrogen) atoms. The van der Waals surface area contributed by atoms with Crippen molar-refractivity contribution in [1.82, 2.24) is 0 Å². The summed E-state index contributed by atoms with van der Waals surface area (Å²) in [5, 5.41) is 0. The first-order valence-electron chi connectivity index (χ1n) is 8.22. The average Bonchev–Trinajstić information content (AvgIpc) is 2.41. The molecule has 0 unspecified atom stereocenters. The van der Waals surface area contributed by atoms with Gasteiger partial charge in [-0.3, -0.25) is 0 Å². The molecule has 0 aromatic heterocycles. The van der Waals surface area contributed by atoms with Crippen LogP contribution in [-0.4, -0.2) is 0 Å². The Morgan fingerprint density at radius 3 is 2.05 bits per heavy atom. The van der Waals surface area contributed by atoms with Crippen LogP contribution in [0.3, 0.4) is 0 Å². The molecule has 0 bridgehead atoms. The van der Waals surface area contributed by atoms with E-state index in [0.717, 1.165) is 0 Å². The van der Waals surface area contributed by atoms with Crippen LogP contribution in [0.15, 0.2) is 12.1 Å². The molecule has 0 amide bonds. The van der Waals surface area contributed by atoms with E-state index in [1.807, 2.05) is 0 Å². The Hall–Kier alpha value is -0.780. The molecule has 0 aliphatic rings. The van der Waals surface area contributed by atoms with Crippen LogP contribution in [0, 0.1) is 19.9 Å². The molecule has 0 heteroatoms. The van der Waals surface area contributed by atoms with Crippen molar-refractivity contribution in [2.24, 2.45) is 0 Å². The van der Waals surface area contributed by atoms with Crippen molar-refractivity contribution in [1.29, 1.82) is 0 Å². The van der Waals surface area contributed by atoms with E-state index in [2.05, 4.69) is 39.0 Å². The van der Waals surface area contributed by atoms with Crippen LogP contribution in [0.4, 0.5) is 0 Å². The molecule has 1 radical (unpaired) electrons. The van der Waals surface area contributed by atoms with E-state index < -0.39 is 0 Å². The molecule has 0 saturated heterocycles. The first kappa shape index (κ1) is 16.3. The Labute approximate surface area is 120 Å². The van der Waals surface area contributed by atoms with Gasteiger partial charge in [0.25, 0.3) is 0 Å². The maximum Gasteiger partial charge on any atom is -0.0146 e. The summed E-state index contributed by atoms with van der Waals surface area (Å²) in [7, 11) is 0. The highest BCUT2D eigenvalue weighted by Gasteiger charge is 2.00. The van der Waals surface area contributed by atoms with Gasteiger partial charge < -0.3 is 0 Å². The third-order valence-corrected chi connectivity index (χ3v) is 4.17. The van der Waals surface area contributed by atoms with Crippen LogP contribution >= 0.6 is 0 Å². The molecule has 107 valence electrons. The number of hydrogen-bond donors (Lipinski definition) is 0. The van der Waals surface area contributed by atoms with Crippen molar-refractivity contribution in [2.75, 3.05) is 0 Å². The van der Waals surface area contributed by atoms with Crippen LogP contribution in [0.25, 0.3) is 0 Å². The molecule has 0 atom stereocenters. The lowest BCUT2D eigenvalue weighted by Gasteiger charge is -2.07. The highest BCUT2D eigenvalue weighted by molar-refractivity contribution is 5.32. The molecule has 0 aliphatic carbocycles. The number of aryl methyl sites for hydroxylation is 2. The summed E-state index contributed by atoms with van der Waals surface area (Å²) in [6.07, 6.45) is 13.9. The summed E-state index contributed by atoms with van der Waals surface area (Å²) in [5.41, 5.74) is 4.29. The van der Waals surface area contributed by atoms with Crippen molar-refractivity contribution < 1.29 is 0 Å². The summed E-state index contributed by atoms with van der Waals surface area (Å²) in [6.45, 7) is 6.71. The predicted molar refractivity (Wildman–Crippen MR) is 85.7 cm³/mol. The van der Waals surface area contributed by atoms with Gasteiger partial charge in [-0.2, -0.15) is 0 Å². The summed E-state index contributed by atoms with van der Waals surface area (Å²) in [5.74, 6) is 0. The van der Waals surface area contributed by atoms with Gasteiger partial charge in [-0.05, 0) is 49.4 Å². The normalized spacial score (nSPS) is 10.9. The lowest BCUT2D eigenvalue weighted by molar-refractivity contribution is 0.564.